The van der Waals surface area contributed by atoms with E-state index in [1.165, 1.54) is 32.1 Å². The molecular weight excluding hydrogens is 294 g/mol. The molecule has 1 aromatic rings. The minimum absolute atomic E-state index is 0.0269. The Kier molecular flexibility index (Phi) is 5.15. The lowest BCUT2D eigenvalue weighted by atomic mass is 9.85. The Balaban J connectivity index is 1.39. The molecule has 7 heteroatoms. The van der Waals surface area contributed by atoms with Crippen LogP contribution in [0.1, 0.15) is 44.9 Å². The monoisotopic (exact) mass is 319 g/mol. The number of carbonyl (C=O) groups is 2. The fourth-order valence-electron chi connectivity index (χ4n) is 3.11. The summed E-state index contributed by atoms with van der Waals surface area (Å²) in [6, 6.07) is 0.0970. The molecule has 0 aliphatic heterocycles. The molecule has 3 amide bonds. The number of aromatic nitrogens is 2. The fraction of sp³-hybridized carbons (Fsp3) is 0.688. The Morgan fingerprint density at radius 2 is 1.96 bits per heavy atom. The summed E-state index contributed by atoms with van der Waals surface area (Å²) in [5.41, 5.74) is 0.602. The molecule has 126 valence electrons. The molecule has 2 aliphatic rings. The van der Waals surface area contributed by atoms with Gasteiger partial charge >= 0.3 is 6.03 Å². The third-order valence-corrected chi connectivity index (χ3v) is 4.69. The first-order valence-corrected chi connectivity index (χ1v) is 8.56. The summed E-state index contributed by atoms with van der Waals surface area (Å²) in [7, 11) is 0. The van der Waals surface area contributed by atoms with Crippen LogP contribution in [0.25, 0.3) is 0 Å². The molecule has 0 bridgehead atoms. The van der Waals surface area contributed by atoms with Gasteiger partial charge in [-0.25, -0.2) is 4.79 Å². The number of urea groups is 1. The van der Waals surface area contributed by atoms with Crippen molar-refractivity contribution in [2.24, 2.45) is 5.92 Å². The summed E-state index contributed by atoms with van der Waals surface area (Å²) < 4.78 is 1.55. The van der Waals surface area contributed by atoms with Gasteiger partial charge in [0, 0.05) is 18.8 Å². The quantitative estimate of drug-likeness (QED) is 0.748. The maximum absolute atomic E-state index is 11.9. The molecule has 0 saturated heterocycles. The largest absolute Gasteiger partial charge is 0.352 e. The van der Waals surface area contributed by atoms with Crippen molar-refractivity contribution in [1.29, 1.82) is 0 Å². The van der Waals surface area contributed by atoms with Gasteiger partial charge in [0.2, 0.25) is 5.91 Å². The Labute approximate surface area is 136 Å². The van der Waals surface area contributed by atoms with Gasteiger partial charge in [-0.3, -0.25) is 9.48 Å². The van der Waals surface area contributed by atoms with E-state index in [-0.39, 0.29) is 18.5 Å². The Morgan fingerprint density at radius 3 is 2.65 bits per heavy atom. The van der Waals surface area contributed by atoms with Crippen LogP contribution in [-0.4, -0.2) is 34.3 Å². The maximum atomic E-state index is 11.9. The van der Waals surface area contributed by atoms with Crippen LogP contribution in [0.2, 0.25) is 0 Å². The lowest BCUT2D eigenvalue weighted by Crippen LogP contribution is -2.35. The number of hydrogen-bond acceptors (Lipinski definition) is 3. The van der Waals surface area contributed by atoms with Crippen molar-refractivity contribution in [2.45, 2.75) is 57.5 Å². The van der Waals surface area contributed by atoms with Crippen LogP contribution in [0.3, 0.4) is 0 Å². The predicted octanol–water partition coefficient (Wildman–Crippen LogP) is 1.86. The van der Waals surface area contributed by atoms with Gasteiger partial charge in [-0.15, -0.1) is 0 Å². The summed E-state index contributed by atoms with van der Waals surface area (Å²) in [6.07, 6.45) is 11.4. The molecule has 7 nitrogen and oxygen atoms in total. The second-order valence-corrected chi connectivity index (χ2v) is 6.61. The highest BCUT2D eigenvalue weighted by molar-refractivity contribution is 5.88. The number of nitrogens with one attached hydrogen (secondary N) is 3. The van der Waals surface area contributed by atoms with E-state index in [4.69, 9.17) is 0 Å². The predicted molar refractivity (Wildman–Crippen MR) is 87.0 cm³/mol. The second kappa shape index (κ2) is 7.48. The molecule has 2 fully saturated rings. The molecule has 0 atom stereocenters. The number of anilines is 1. The smallest absolute Gasteiger partial charge is 0.319 e. The number of rotatable bonds is 6. The zero-order chi connectivity index (χ0) is 16.1. The van der Waals surface area contributed by atoms with Crippen LogP contribution < -0.4 is 16.0 Å². The maximum Gasteiger partial charge on any atom is 0.319 e. The van der Waals surface area contributed by atoms with Crippen molar-refractivity contribution in [3.05, 3.63) is 12.4 Å². The van der Waals surface area contributed by atoms with Gasteiger partial charge in [-0.05, 0) is 31.6 Å². The fourth-order valence-corrected chi connectivity index (χ4v) is 3.11. The molecule has 0 radical (unpaired) electrons. The molecule has 23 heavy (non-hydrogen) atoms. The van der Waals surface area contributed by atoms with Crippen molar-refractivity contribution in [3.8, 4) is 0 Å². The van der Waals surface area contributed by atoms with Gasteiger partial charge in [-0.2, -0.15) is 5.10 Å². The number of hydrogen-bond donors (Lipinski definition) is 3. The molecule has 1 aromatic heterocycles. The topological polar surface area (TPSA) is 88.1 Å². The van der Waals surface area contributed by atoms with Crippen LogP contribution in [0.5, 0.6) is 0 Å². The lowest BCUT2D eigenvalue weighted by molar-refractivity contribution is -0.122. The second-order valence-electron chi connectivity index (χ2n) is 6.61. The zero-order valence-corrected chi connectivity index (χ0v) is 13.4. The van der Waals surface area contributed by atoms with Gasteiger partial charge in [-0.1, -0.05) is 19.3 Å². The van der Waals surface area contributed by atoms with E-state index in [0.29, 0.717) is 17.6 Å². The third kappa shape index (κ3) is 4.71. The van der Waals surface area contributed by atoms with E-state index in [1.807, 2.05) is 0 Å². The molecular formula is C16H25N5O2. The van der Waals surface area contributed by atoms with Crippen molar-refractivity contribution >= 4 is 17.6 Å². The van der Waals surface area contributed by atoms with E-state index in [0.717, 1.165) is 19.4 Å². The number of carbonyl (C=O) groups excluding carboxylic acids is 2. The Morgan fingerprint density at radius 1 is 1.17 bits per heavy atom. The first-order chi connectivity index (χ1) is 11.2. The Hall–Kier alpha value is -2.05. The van der Waals surface area contributed by atoms with Crippen LogP contribution in [0, 0.1) is 5.92 Å². The highest BCUT2D eigenvalue weighted by Gasteiger charge is 2.19. The molecule has 3 N–H and O–H groups in total. The molecule has 1 heterocycles. The minimum Gasteiger partial charge on any atom is -0.352 e. The molecule has 0 aromatic carbocycles. The standard InChI is InChI=1S/C16H25N5O2/c22-15(19-13-6-1-2-7-13)11-21-10-14(9-18-21)20-16(23)17-8-12-4-3-5-12/h9-10,12-13H,1-8,11H2,(H,19,22)(H2,17,20,23). The number of nitrogens with zero attached hydrogens (tertiary/aromatic N) is 2. The summed E-state index contributed by atoms with van der Waals surface area (Å²) in [5.74, 6) is 0.601. The van der Waals surface area contributed by atoms with E-state index in [1.54, 1.807) is 17.1 Å². The van der Waals surface area contributed by atoms with Crippen molar-refractivity contribution in [2.75, 3.05) is 11.9 Å². The SMILES string of the molecule is O=C(Cn1cc(NC(=O)NCC2CCC2)cn1)NC1CCCC1. The number of amides is 3. The van der Waals surface area contributed by atoms with E-state index >= 15 is 0 Å². The summed E-state index contributed by atoms with van der Waals surface area (Å²) in [6.45, 7) is 0.908. The third-order valence-electron chi connectivity index (χ3n) is 4.69. The van der Waals surface area contributed by atoms with Crippen molar-refractivity contribution in [1.82, 2.24) is 20.4 Å². The zero-order valence-electron chi connectivity index (χ0n) is 13.4. The van der Waals surface area contributed by atoms with E-state index in [9.17, 15) is 9.59 Å². The van der Waals surface area contributed by atoms with Gasteiger partial charge < -0.3 is 16.0 Å². The van der Waals surface area contributed by atoms with Crippen molar-refractivity contribution < 1.29 is 9.59 Å². The average Bonchev–Trinajstić information content (AvgIpc) is 3.09. The highest BCUT2D eigenvalue weighted by Crippen LogP contribution is 2.25. The summed E-state index contributed by atoms with van der Waals surface area (Å²) >= 11 is 0. The summed E-state index contributed by atoms with van der Waals surface area (Å²) in [5, 5.41) is 12.8. The van der Waals surface area contributed by atoms with Crippen LogP contribution in [-0.2, 0) is 11.3 Å². The molecule has 2 aliphatic carbocycles. The summed E-state index contributed by atoms with van der Waals surface area (Å²) in [4.78, 5) is 23.7. The highest BCUT2D eigenvalue weighted by atomic mass is 16.2. The Bertz CT molecular complexity index is 546. The van der Waals surface area contributed by atoms with Crippen LogP contribution in [0.15, 0.2) is 12.4 Å². The van der Waals surface area contributed by atoms with Crippen LogP contribution >= 0.6 is 0 Å². The minimum atomic E-state index is -0.216. The van der Waals surface area contributed by atoms with Crippen molar-refractivity contribution in [3.63, 3.8) is 0 Å². The molecule has 3 rings (SSSR count). The molecule has 0 spiro atoms. The van der Waals surface area contributed by atoms with Gasteiger partial charge in [0.1, 0.15) is 6.54 Å². The lowest BCUT2D eigenvalue weighted by Gasteiger charge is -2.25. The average molecular weight is 319 g/mol. The molecule has 0 unspecified atom stereocenters. The first kappa shape index (κ1) is 15.8. The van der Waals surface area contributed by atoms with Gasteiger partial charge in [0.05, 0.1) is 11.9 Å². The normalized spacial score (nSPS) is 18.4. The van der Waals surface area contributed by atoms with E-state index < -0.39 is 0 Å². The van der Waals surface area contributed by atoms with E-state index in [2.05, 4.69) is 21.0 Å². The van der Waals surface area contributed by atoms with Gasteiger partial charge in [0.25, 0.3) is 0 Å². The molecule has 2 saturated carbocycles. The first-order valence-electron chi connectivity index (χ1n) is 8.56. The van der Waals surface area contributed by atoms with Gasteiger partial charge in [0.15, 0.2) is 0 Å². The van der Waals surface area contributed by atoms with Crippen LogP contribution in [0.4, 0.5) is 10.5 Å².